The number of hydrogen-bond acceptors (Lipinski definition) is 2. The summed E-state index contributed by atoms with van der Waals surface area (Å²) >= 11 is 5.71. The predicted molar refractivity (Wildman–Crippen MR) is 74.8 cm³/mol. The van der Waals surface area contributed by atoms with Gasteiger partial charge in [0.05, 0.1) is 0 Å². The van der Waals surface area contributed by atoms with Crippen molar-refractivity contribution < 1.29 is 9.13 Å². The summed E-state index contributed by atoms with van der Waals surface area (Å²) in [5.41, 5.74) is 8.03. The van der Waals surface area contributed by atoms with E-state index in [1.54, 1.807) is 12.1 Å². The third kappa shape index (κ3) is 3.25. The lowest BCUT2D eigenvalue weighted by Crippen LogP contribution is -2.05. The molecule has 4 heteroatoms. The molecule has 0 aliphatic heterocycles. The molecule has 2 aromatic rings. The number of nitrogens with two attached hydrogens (primary N) is 1. The average Bonchev–Trinajstić information content (AvgIpc) is 2.39. The van der Waals surface area contributed by atoms with Crippen molar-refractivity contribution in [3.8, 4) is 5.75 Å². The molecule has 0 fully saturated rings. The van der Waals surface area contributed by atoms with Crippen molar-refractivity contribution in [3.63, 3.8) is 0 Å². The minimum absolute atomic E-state index is 0.154. The minimum Gasteiger partial charge on any atom is -0.488 e. The number of benzene rings is 2. The summed E-state index contributed by atoms with van der Waals surface area (Å²) in [6.07, 6.45) is 0. The summed E-state index contributed by atoms with van der Waals surface area (Å²) in [5, 5.41) is 0.375. The van der Waals surface area contributed by atoms with Gasteiger partial charge in [0.1, 0.15) is 18.2 Å². The number of para-hydroxylation sites is 1. The molecule has 2 N–H and O–H groups in total. The monoisotopic (exact) mass is 279 g/mol. The first kappa shape index (κ1) is 13.8. The van der Waals surface area contributed by atoms with Crippen molar-refractivity contribution in [3.05, 3.63) is 63.9 Å². The van der Waals surface area contributed by atoms with E-state index in [0.29, 0.717) is 17.1 Å². The van der Waals surface area contributed by atoms with Gasteiger partial charge < -0.3 is 10.5 Å². The quantitative estimate of drug-likeness (QED) is 0.923. The van der Waals surface area contributed by atoms with Crippen molar-refractivity contribution in [2.24, 2.45) is 5.73 Å². The molecule has 0 atom stereocenters. The van der Waals surface area contributed by atoms with Crippen molar-refractivity contribution in [2.45, 2.75) is 20.1 Å². The normalized spacial score (nSPS) is 10.5. The highest BCUT2D eigenvalue weighted by molar-refractivity contribution is 6.30. The van der Waals surface area contributed by atoms with E-state index in [9.17, 15) is 4.39 Å². The van der Waals surface area contributed by atoms with Crippen molar-refractivity contribution in [1.82, 2.24) is 0 Å². The molecule has 0 amide bonds. The van der Waals surface area contributed by atoms with E-state index in [4.69, 9.17) is 22.1 Å². The number of aryl methyl sites for hydroxylation is 1. The molecule has 0 heterocycles. The van der Waals surface area contributed by atoms with Crippen LogP contribution in [0, 0.1) is 12.7 Å². The van der Waals surface area contributed by atoms with Crippen LogP contribution in [0.1, 0.15) is 16.7 Å². The van der Waals surface area contributed by atoms with Gasteiger partial charge in [0, 0.05) is 22.7 Å². The zero-order valence-electron chi connectivity index (χ0n) is 10.6. The van der Waals surface area contributed by atoms with Crippen LogP contribution in [0.4, 0.5) is 4.39 Å². The lowest BCUT2D eigenvalue weighted by molar-refractivity contribution is 0.295. The molecule has 0 aliphatic rings. The Hall–Kier alpha value is -1.58. The Morgan fingerprint density at radius 2 is 2.00 bits per heavy atom. The summed E-state index contributed by atoms with van der Waals surface area (Å²) in [7, 11) is 0. The summed E-state index contributed by atoms with van der Waals surface area (Å²) in [4.78, 5) is 0. The Morgan fingerprint density at radius 3 is 2.68 bits per heavy atom. The zero-order chi connectivity index (χ0) is 13.8. The van der Waals surface area contributed by atoms with Gasteiger partial charge in [-0.3, -0.25) is 0 Å². The fourth-order valence-corrected chi connectivity index (χ4v) is 2.03. The maximum atomic E-state index is 13.6. The standard InChI is InChI=1S/C15H15ClFNO/c1-10-3-2-4-11(8-18)15(10)19-9-12-5-6-13(16)7-14(12)17/h2-7H,8-9,18H2,1H3. The molecular weight excluding hydrogens is 265 g/mol. The van der Waals surface area contributed by atoms with E-state index in [1.165, 1.54) is 6.07 Å². The topological polar surface area (TPSA) is 35.2 Å². The predicted octanol–water partition coefficient (Wildman–Crippen LogP) is 3.83. The van der Waals surface area contributed by atoms with Crippen LogP contribution < -0.4 is 10.5 Å². The molecule has 0 aromatic heterocycles. The van der Waals surface area contributed by atoms with Gasteiger partial charge in [-0.05, 0) is 24.6 Å². The Bertz CT molecular complexity index is 586. The van der Waals surface area contributed by atoms with E-state index >= 15 is 0 Å². The second-order valence-corrected chi connectivity index (χ2v) is 4.73. The van der Waals surface area contributed by atoms with Crippen molar-refractivity contribution in [1.29, 1.82) is 0 Å². The number of ether oxygens (including phenoxy) is 1. The number of rotatable bonds is 4. The molecule has 0 aliphatic carbocycles. The van der Waals surface area contributed by atoms with Crippen LogP contribution in [0.2, 0.25) is 5.02 Å². The lowest BCUT2D eigenvalue weighted by atomic mass is 10.1. The fourth-order valence-electron chi connectivity index (χ4n) is 1.87. The molecule has 2 aromatic carbocycles. The molecule has 0 unspecified atom stereocenters. The molecular formula is C15H15ClFNO. The Morgan fingerprint density at radius 1 is 1.21 bits per heavy atom. The highest BCUT2D eigenvalue weighted by atomic mass is 35.5. The molecule has 0 radical (unpaired) electrons. The van der Waals surface area contributed by atoms with E-state index in [-0.39, 0.29) is 12.4 Å². The molecule has 0 saturated carbocycles. The first-order chi connectivity index (χ1) is 9.11. The minimum atomic E-state index is -0.365. The highest BCUT2D eigenvalue weighted by Gasteiger charge is 2.08. The second-order valence-electron chi connectivity index (χ2n) is 4.29. The largest absolute Gasteiger partial charge is 0.488 e. The number of halogens is 2. The molecule has 19 heavy (non-hydrogen) atoms. The molecule has 0 bridgehead atoms. The van der Waals surface area contributed by atoms with Crippen LogP contribution in [-0.2, 0) is 13.2 Å². The SMILES string of the molecule is Cc1cccc(CN)c1OCc1ccc(Cl)cc1F. The van der Waals surface area contributed by atoms with E-state index < -0.39 is 0 Å². The van der Waals surface area contributed by atoms with Crippen LogP contribution in [0.25, 0.3) is 0 Å². The maximum Gasteiger partial charge on any atom is 0.131 e. The summed E-state index contributed by atoms with van der Waals surface area (Å²) < 4.78 is 19.3. The summed E-state index contributed by atoms with van der Waals surface area (Å²) in [6, 6.07) is 10.3. The van der Waals surface area contributed by atoms with Gasteiger partial charge in [-0.15, -0.1) is 0 Å². The third-order valence-corrected chi connectivity index (χ3v) is 3.14. The molecule has 2 rings (SSSR count). The van der Waals surface area contributed by atoms with E-state index in [2.05, 4.69) is 0 Å². The lowest BCUT2D eigenvalue weighted by Gasteiger charge is -2.13. The molecule has 2 nitrogen and oxygen atoms in total. The molecule has 100 valence electrons. The highest BCUT2D eigenvalue weighted by Crippen LogP contribution is 2.25. The third-order valence-electron chi connectivity index (χ3n) is 2.90. The van der Waals surface area contributed by atoms with Gasteiger partial charge in [-0.1, -0.05) is 35.9 Å². The molecule has 0 saturated heterocycles. The molecule has 0 spiro atoms. The smallest absolute Gasteiger partial charge is 0.131 e. The van der Waals surface area contributed by atoms with Gasteiger partial charge in [-0.25, -0.2) is 4.39 Å². The van der Waals surface area contributed by atoms with Crippen LogP contribution in [0.5, 0.6) is 5.75 Å². The summed E-state index contributed by atoms with van der Waals surface area (Å²) in [6.45, 7) is 2.48. The van der Waals surface area contributed by atoms with Gasteiger partial charge in [0.2, 0.25) is 0 Å². The number of hydrogen-bond donors (Lipinski definition) is 1. The van der Waals surface area contributed by atoms with Gasteiger partial charge in [0.25, 0.3) is 0 Å². The summed E-state index contributed by atoms with van der Waals surface area (Å²) in [5.74, 6) is 0.356. The first-order valence-corrected chi connectivity index (χ1v) is 6.35. The fraction of sp³-hybridized carbons (Fsp3) is 0.200. The first-order valence-electron chi connectivity index (χ1n) is 5.97. The van der Waals surface area contributed by atoms with Crippen LogP contribution in [0.3, 0.4) is 0 Å². The Balaban J connectivity index is 2.19. The van der Waals surface area contributed by atoms with E-state index in [0.717, 1.165) is 16.9 Å². The van der Waals surface area contributed by atoms with Gasteiger partial charge in [0.15, 0.2) is 0 Å². The maximum absolute atomic E-state index is 13.6. The van der Waals surface area contributed by atoms with Crippen LogP contribution in [-0.4, -0.2) is 0 Å². The zero-order valence-corrected chi connectivity index (χ0v) is 11.4. The average molecular weight is 280 g/mol. The Labute approximate surface area is 117 Å². The van der Waals surface area contributed by atoms with Crippen LogP contribution >= 0.6 is 11.6 Å². The Kier molecular flexibility index (Phi) is 4.40. The van der Waals surface area contributed by atoms with E-state index in [1.807, 2.05) is 25.1 Å². The second kappa shape index (κ2) is 6.04. The van der Waals surface area contributed by atoms with Crippen LogP contribution in [0.15, 0.2) is 36.4 Å². The van der Waals surface area contributed by atoms with Gasteiger partial charge >= 0.3 is 0 Å². The van der Waals surface area contributed by atoms with Crippen molar-refractivity contribution in [2.75, 3.05) is 0 Å². The van der Waals surface area contributed by atoms with Gasteiger partial charge in [-0.2, -0.15) is 0 Å². The van der Waals surface area contributed by atoms with Crippen molar-refractivity contribution >= 4 is 11.6 Å².